The molecular weight excluding hydrogens is 314 g/mol. The number of rotatable bonds is 7. The van der Waals surface area contributed by atoms with Crippen LogP contribution in [0.4, 0.5) is 11.4 Å². The molecule has 0 heterocycles. The maximum absolute atomic E-state index is 12.3. The number of likely N-dealkylation sites (N-methyl/N-ethyl adjacent to an activating group) is 1. The van der Waals surface area contributed by atoms with Gasteiger partial charge in [-0.15, -0.1) is 0 Å². The van der Waals surface area contributed by atoms with Gasteiger partial charge in [-0.05, 0) is 49.4 Å². The molecule has 0 spiro atoms. The molecule has 0 bridgehead atoms. The molecule has 0 saturated carbocycles. The fraction of sp³-hybridized carbons (Fsp3) is 0.350. The van der Waals surface area contributed by atoms with Gasteiger partial charge in [0.05, 0.1) is 19.3 Å². The van der Waals surface area contributed by atoms with Crippen molar-refractivity contribution in [1.29, 1.82) is 0 Å². The normalized spacial score (nSPS) is 10.6. The molecule has 1 amide bonds. The smallest absolute Gasteiger partial charge is 0.238 e. The second-order valence-electron chi connectivity index (χ2n) is 6.49. The van der Waals surface area contributed by atoms with Gasteiger partial charge >= 0.3 is 0 Å². The molecule has 0 unspecified atom stereocenters. The van der Waals surface area contributed by atoms with Gasteiger partial charge in [0.1, 0.15) is 5.75 Å². The molecule has 0 aromatic heterocycles. The highest BCUT2D eigenvalue weighted by Gasteiger charge is 2.11. The van der Waals surface area contributed by atoms with Crippen molar-refractivity contribution in [2.45, 2.75) is 13.5 Å². The summed E-state index contributed by atoms with van der Waals surface area (Å²) in [5.74, 6) is 0.609. The molecule has 0 aliphatic heterocycles. The Morgan fingerprint density at radius 2 is 1.76 bits per heavy atom. The number of ether oxygens (including phenoxy) is 1. The Bertz CT molecular complexity index is 711. The summed E-state index contributed by atoms with van der Waals surface area (Å²) in [6.45, 7) is 3.01. The van der Waals surface area contributed by atoms with E-state index in [1.54, 1.807) is 7.11 Å². The van der Waals surface area contributed by atoms with Crippen molar-refractivity contribution in [3.05, 3.63) is 53.6 Å². The number of carbonyl (C=O) groups is 1. The first kappa shape index (κ1) is 18.8. The van der Waals surface area contributed by atoms with Crippen LogP contribution in [0.1, 0.15) is 11.1 Å². The average Bonchev–Trinajstić information content (AvgIpc) is 2.55. The van der Waals surface area contributed by atoms with Gasteiger partial charge in [-0.2, -0.15) is 0 Å². The highest BCUT2D eigenvalue weighted by Crippen LogP contribution is 2.25. The fourth-order valence-electron chi connectivity index (χ4n) is 2.62. The molecular formula is C20H27N3O2. The van der Waals surface area contributed by atoms with Crippen LogP contribution in [0.3, 0.4) is 0 Å². The van der Waals surface area contributed by atoms with Crippen LogP contribution in [-0.2, 0) is 11.3 Å². The summed E-state index contributed by atoms with van der Waals surface area (Å²) < 4.78 is 5.30. The number of nitrogens with one attached hydrogen (secondary N) is 1. The molecule has 0 atom stereocenters. The number of methoxy groups -OCH3 is 1. The second-order valence-corrected chi connectivity index (χ2v) is 6.49. The van der Waals surface area contributed by atoms with Gasteiger partial charge < -0.3 is 15.0 Å². The Morgan fingerprint density at radius 3 is 2.36 bits per heavy atom. The molecule has 5 nitrogen and oxygen atoms in total. The van der Waals surface area contributed by atoms with Crippen LogP contribution >= 0.6 is 0 Å². The van der Waals surface area contributed by atoms with E-state index in [4.69, 9.17) is 4.74 Å². The van der Waals surface area contributed by atoms with E-state index < -0.39 is 0 Å². The second kappa shape index (κ2) is 8.53. The summed E-state index contributed by atoms with van der Waals surface area (Å²) in [7, 11) is 7.58. The Morgan fingerprint density at radius 1 is 1.08 bits per heavy atom. The van der Waals surface area contributed by atoms with Crippen molar-refractivity contribution >= 4 is 17.3 Å². The summed E-state index contributed by atoms with van der Waals surface area (Å²) in [6.07, 6.45) is 0. The first-order valence-corrected chi connectivity index (χ1v) is 8.28. The summed E-state index contributed by atoms with van der Waals surface area (Å²) in [4.78, 5) is 16.4. The molecule has 25 heavy (non-hydrogen) atoms. The van der Waals surface area contributed by atoms with Gasteiger partial charge in [-0.25, -0.2) is 0 Å². The van der Waals surface area contributed by atoms with Crippen molar-refractivity contribution in [1.82, 2.24) is 4.90 Å². The van der Waals surface area contributed by atoms with E-state index in [0.29, 0.717) is 24.5 Å². The lowest BCUT2D eigenvalue weighted by Crippen LogP contribution is -2.30. The minimum atomic E-state index is -0.0590. The van der Waals surface area contributed by atoms with E-state index in [0.717, 1.165) is 11.3 Å². The van der Waals surface area contributed by atoms with Gasteiger partial charge in [-0.3, -0.25) is 9.69 Å². The van der Waals surface area contributed by atoms with E-state index in [-0.39, 0.29) is 5.91 Å². The van der Waals surface area contributed by atoms with Crippen molar-refractivity contribution in [3.63, 3.8) is 0 Å². The lowest BCUT2D eigenvalue weighted by molar-refractivity contribution is -0.117. The Hall–Kier alpha value is -2.53. The zero-order valence-electron chi connectivity index (χ0n) is 15.7. The van der Waals surface area contributed by atoms with E-state index in [1.165, 1.54) is 5.56 Å². The molecule has 0 fully saturated rings. The zero-order chi connectivity index (χ0) is 18.4. The minimum absolute atomic E-state index is 0.0590. The number of amides is 1. The molecule has 2 aromatic carbocycles. The van der Waals surface area contributed by atoms with Crippen molar-refractivity contribution in [2.75, 3.05) is 45.0 Å². The standard InChI is InChI=1S/C20H27N3O2/c1-15-6-11-19(25-5)18(12-15)21-20(24)14-23(4)13-16-7-9-17(10-8-16)22(2)3/h6-12H,13-14H2,1-5H3,(H,21,24). The molecule has 2 rings (SSSR count). The maximum atomic E-state index is 12.3. The van der Waals surface area contributed by atoms with Gasteiger partial charge in [-0.1, -0.05) is 18.2 Å². The van der Waals surface area contributed by atoms with E-state index >= 15 is 0 Å². The third-order valence-corrected chi connectivity index (χ3v) is 3.95. The Balaban J connectivity index is 1.93. The molecule has 1 N–H and O–H groups in total. The van der Waals surface area contributed by atoms with Crippen LogP contribution in [-0.4, -0.2) is 45.6 Å². The SMILES string of the molecule is COc1ccc(C)cc1NC(=O)CN(C)Cc1ccc(N(C)C)cc1. The van der Waals surface area contributed by atoms with E-state index in [2.05, 4.69) is 34.5 Å². The summed E-state index contributed by atoms with van der Waals surface area (Å²) in [5.41, 5.74) is 4.12. The van der Waals surface area contributed by atoms with E-state index in [9.17, 15) is 4.79 Å². The molecule has 0 saturated heterocycles. The molecule has 0 aliphatic rings. The minimum Gasteiger partial charge on any atom is -0.495 e. The van der Waals surface area contributed by atoms with Crippen molar-refractivity contribution in [2.24, 2.45) is 0 Å². The van der Waals surface area contributed by atoms with Gasteiger partial charge in [0, 0.05) is 26.3 Å². The first-order valence-electron chi connectivity index (χ1n) is 8.28. The summed E-state index contributed by atoms with van der Waals surface area (Å²) in [5, 5.41) is 2.93. The number of aryl methyl sites for hydroxylation is 1. The number of anilines is 2. The molecule has 2 aromatic rings. The molecule has 5 heteroatoms. The Labute approximate surface area is 150 Å². The highest BCUT2D eigenvalue weighted by atomic mass is 16.5. The van der Waals surface area contributed by atoms with Gasteiger partial charge in [0.15, 0.2) is 0 Å². The number of carbonyl (C=O) groups excluding carboxylic acids is 1. The van der Waals surface area contributed by atoms with Gasteiger partial charge in [0.2, 0.25) is 5.91 Å². The van der Waals surface area contributed by atoms with Crippen LogP contribution in [0.2, 0.25) is 0 Å². The number of hydrogen-bond donors (Lipinski definition) is 1. The summed E-state index contributed by atoms with van der Waals surface area (Å²) >= 11 is 0. The number of hydrogen-bond acceptors (Lipinski definition) is 4. The summed E-state index contributed by atoms with van der Waals surface area (Å²) in [6, 6.07) is 14.1. The largest absolute Gasteiger partial charge is 0.495 e. The third kappa shape index (κ3) is 5.50. The van der Waals surface area contributed by atoms with Crippen molar-refractivity contribution in [3.8, 4) is 5.75 Å². The topological polar surface area (TPSA) is 44.8 Å². The molecule has 134 valence electrons. The number of benzene rings is 2. The number of nitrogens with zero attached hydrogens (tertiary/aromatic N) is 2. The van der Waals surface area contributed by atoms with Crippen LogP contribution in [0.5, 0.6) is 5.75 Å². The lowest BCUT2D eigenvalue weighted by atomic mass is 10.2. The maximum Gasteiger partial charge on any atom is 0.238 e. The zero-order valence-corrected chi connectivity index (χ0v) is 15.7. The monoisotopic (exact) mass is 341 g/mol. The lowest BCUT2D eigenvalue weighted by Gasteiger charge is -2.18. The predicted octanol–water partition coefficient (Wildman–Crippen LogP) is 3.14. The fourth-order valence-corrected chi connectivity index (χ4v) is 2.62. The Kier molecular flexibility index (Phi) is 6.42. The van der Waals surface area contributed by atoms with Crippen molar-refractivity contribution < 1.29 is 9.53 Å². The molecule has 0 aliphatic carbocycles. The third-order valence-electron chi connectivity index (χ3n) is 3.95. The van der Waals surface area contributed by atoms with Crippen LogP contribution in [0, 0.1) is 6.92 Å². The van der Waals surface area contributed by atoms with E-state index in [1.807, 2.05) is 51.2 Å². The van der Waals surface area contributed by atoms with Crippen LogP contribution < -0.4 is 15.0 Å². The predicted molar refractivity (Wildman–Crippen MR) is 103 cm³/mol. The quantitative estimate of drug-likeness (QED) is 0.840. The van der Waals surface area contributed by atoms with Gasteiger partial charge in [0.25, 0.3) is 0 Å². The van der Waals surface area contributed by atoms with Crippen LogP contribution in [0.15, 0.2) is 42.5 Å². The average molecular weight is 341 g/mol. The van der Waals surface area contributed by atoms with Crippen LogP contribution in [0.25, 0.3) is 0 Å². The molecule has 0 radical (unpaired) electrons. The highest BCUT2D eigenvalue weighted by molar-refractivity contribution is 5.93. The first-order chi connectivity index (χ1) is 11.9.